The molecule has 1 aromatic carbocycles. The second-order valence-corrected chi connectivity index (χ2v) is 5.25. The Morgan fingerprint density at radius 3 is 2.44 bits per heavy atom. The highest BCUT2D eigenvalue weighted by Gasteiger charge is 2.33. The van der Waals surface area contributed by atoms with Gasteiger partial charge in [0.05, 0.1) is 0 Å². The van der Waals surface area contributed by atoms with Crippen molar-refractivity contribution in [2.45, 2.75) is 44.8 Å². The molecular weight excluding hydrogens is 250 g/mol. The zero-order chi connectivity index (χ0) is 13.8. The third-order valence-corrected chi connectivity index (χ3v) is 3.23. The largest absolute Gasteiger partial charge is 0.371 e. The molecule has 1 unspecified atom stereocenters. The summed E-state index contributed by atoms with van der Waals surface area (Å²) in [6, 6.07) is 9.57. The molecule has 1 rings (SSSR count). The molecule has 0 aliphatic heterocycles. The number of rotatable bonds is 5. The van der Waals surface area contributed by atoms with Gasteiger partial charge in [0.25, 0.3) is 0 Å². The van der Waals surface area contributed by atoms with E-state index in [1.165, 1.54) is 4.90 Å². The Morgan fingerprint density at radius 2 is 2.00 bits per heavy atom. The summed E-state index contributed by atoms with van der Waals surface area (Å²) in [7, 11) is 0. The van der Waals surface area contributed by atoms with E-state index in [9.17, 15) is 9.90 Å². The van der Waals surface area contributed by atoms with Crippen molar-refractivity contribution in [2.75, 3.05) is 0 Å². The van der Waals surface area contributed by atoms with Gasteiger partial charge in [-0.15, -0.1) is 11.6 Å². The molecule has 100 valence electrons. The van der Waals surface area contributed by atoms with Crippen LogP contribution in [0.1, 0.15) is 32.8 Å². The summed E-state index contributed by atoms with van der Waals surface area (Å²) in [5.41, 5.74) is -0.215. The first-order valence-corrected chi connectivity index (χ1v) is 6.54. The number of hydrogen-bond acceptors (Lipinski definition) is 2. The van der Waals surface area contributed by atoms with Crippen LogP contribution in [0.2, 0.25) is 0 Å². The molecule has 18 heavy (non-hydrogen) atoms. The summed E-state index contributed by atoms with van der Waals surface area (Å²) in [6.45, 7) is 5.45. The van der Waals surface area contributed by atoms with Crippen LogP contribution in [0.5, 0.6) is 0 Å². The Bertz CT molecular complexity index is 390. The van der Waals surface area contributed by atoms with Crippen LogP contribution in [0.25, 0.3) is 0 Å². The highest BCUT2D eigenvalue weighted by Crippen LogP contribution is 2.21. The fourth-order valence-electron chi connectivity index (χ4n) is 1.66. The zero-order valence-corrected chi connectivity index (χ0v) is 11.8. The standard InChI is InChI=1S/C14H20ClNO2/c1-4-14(3,18)16(13(17)11(2)15)10-12-8-6-5-7-9-12/h5-9,11,18H,4,10H2,1-3H3/t11?,14-/m1/s1. The van der Waals surface area contributed by atoms with E-state index in [0.29, 0.717) is 13.0 Å². The van der Waals surface area contributed by atoms with Gasteiger partial charge in [0.1, 0.15) is 11.1 Å². The highest BCUT2D eigenvalue weighted by atomic mass is 35.5. The molecule has 2 atom stereocenters. The molecule has 0 bridgehead atoms. The molecule has 0 saturated heterocycles. The monoisotopic (exact) mass is 269 g/mol. The van der Waals surface area contributed by atoms with Crippen LogP contribution in [0.4, 0.5) is 0 Å². The number of halogens is 1. The number of carbonyl (C=O) groups is 1. The summed E-state index contributed by atoms with van der Waals surface area (Å²) in [6.07, 6.45) is 0.454. The van der Waals surface area contributed by atoms with Crippen molar-refractivity contribution in [1.29, 1.82) is 0 Å². The maximum atomic E-state index is 12.1. The number of alkyl halides is 1. The van der Waals surface area contributed by atoms with Gasteiger partial charge in [-0.25, -0.2) is 0 Å². The van der Waals surface area contributed by atoms with Gasteiger partial charge in [-0.2, -0.15) is 0 Å². The van der Waals surface area contributed by atoms with Gasteiger partial charge in [-0.05, 0) is 25.8 Å². The fraction of sp³-hybridized carbons (Fsp3) is 0.500. The second kappa shape index (κ2) is 6.21. The summed E-state index contributed by atoms with van der Waals surface area (Å²) >= 11 is 5.85. The van der Waals surface area contributed by atoms with Crippen LogP contribution in [-0.2, 0) is 11.3 Å². The maximum Gasteiger partial charge on any atom is 0.242 e. The van der Waals surface area contributed by atoms with Crippen LogP contribution in [0, 0.1) is 0 Å². The minimum absolute atomic E-state index is 0.257. The topological polar surface area (TPSA) is 40.5 Å². The Balaban J connectivity index is 2.95. The molecule has 0 fully saturated rings. The van der Waals surface area contributed by atoms with E-state index in [0.717, 1.165) is 5.56 Å². The van der Waals surface area contributed by atoms with Crippen molar-refractivity contribution in [3.8, 4) is 0 Å². The first kappa shape index (κ1) is 15.0. The van der Waals surface area contributed by atoms with Gasteiger partial charge in [0.2, 0.25) is 5.91 Å². The number of hydrogen-bond donors (Lipinski definition) is 1. The summed E-state index contributed by atoms with van der Waals surface area (Å²) in [5.74, 6) is -0.257. The summed E-state index contributed by atoms with van der Waals surface area (Å²) in [4.78, 5) is 13.5. The number of benzene rings is 1. The van der Waals surface area contributed by atoms with Crippen molar-refractivity contribution in [1.82, 2.24) is 4.90 Å². The van der Waals surface area contributed by atoms with Gasteiger partial charge >= 0.3 is 0 Å². The van der Waals surface area contributed by atoms with Crippen molar-refractivity contribution in [2.24, 2.45) is 0 Å². The molecule has 3 nitrogen and oxygen atoms in total. The number of nitrogens with zero attached hydrogens (tertiary/aromatic N) is 1. The summed E-state index contributed by atoms with van der Waals surface area (Å²) in [5, 5.41) is 9.66. The maximum absolute atomic E-state index is 12.1. The minimum Gasteiger partial charge on any atom is -0.371 e. The van der Waals surface area contributed by atoms with Gasteiger partial charge in [0.15, 0.2) is 0 Å². The first-order valence-electron chi connectivity index (χ1n) is 6.10. The molecule has 0 aliphatic carbocycles. The van der Waals surface area contributed by atoms with E-state index in [-0.39, 0.29) is 5.91 Å². The Morgan fingerprint density at radius 1 is 1.44 bits per heavy atom. The molecule has 1 aromatic rings. The van der Waals surface area contributed by atoms with E-state index < -0.39 is 11.1 Å². The Kier molecular flexibility index (Phi) is 5.17. The van der Waals surface area contributed by atoms with Crippen molar-refractivity contribution < 1.29 is 9.90 Å². The quantitative estimate of drug-likeness (QED) is 0.660. The lowest BCUT2D eigenvalue weighted by molar-refractivity contribution is -0.158. The molecule has 0 radical (unpaired) electrons. The highest BCUT2D eigenvalue weighted by molar-refractivity contribution is 6.30. The Hall–Kier alpha value is -1.06. The normalized spacial score (nSPS) is 15.8. The van der Waals surface area contributed by atoms with Crippen LogP contribution in [0.3, 0.4) is 0 Å². The molecule has 0 saturated carbocycles. The lowest BCUT2D eigenvalue weighted by atomic mass is 10.1. The smallest absolute Gasteiger partial charge is 0.242 e. The van der Waals surface area contributed by atoms with E-state index >= 15 is 0 Å². The number of carbonyl (C=O) groups excluding carboxylic acids is 1. The lowest BCUT2D eigenvalue weighted by Crippen LogP contribution is -2.51. The third-order valence-electron chi connectivity index (χ3n) is 3.04. The molecule has 0 aliphatic rings. The molecular formula is C14H20ClNO2. The molecule has 0 spiro atoms. The van der Waals surface area contributed by atoms with E-state index in [1.54, 1.807) is 13.8 Å². The van der Waals surface area contributed by atoms with Gasteiger partial charge in [-0.3, -0.25) is 4.79 Å². The predicted octanol–water partition coefficient (Wildman–Crippen LogP) is 2.76. The van der Waals surface area contributed by atoms with Gasteiger partial charge < -0.3 is 10.0 Å². The molecule has 0 heterocycles. The second-order valence-electron chi connectivity index (χ2n) is 4.60. The van der Waals surface area contributed by atoms with Gasteiger partial charge in [-0.1, -0.05) is 37.3 Å². The Labute approximate surface area is 113 Å². The van der Waals surface area contributed by atoms with Gasteiger partial charge in [0, 0.05) is 6.54 Å². The molecule has 1 amide bonds. The zero-order valence-electron chi connectivity index (χ0n) is 11.1. The average Bonchev–Trinajstić information content (AvgIpc) is 2.36. The predicted molar refractivity (Wildman–Crippen MR) is 73.2 cm³/mol. The van der Waals surface area contributed by atoms with Crippen LogP contribution < -0.4 is 0 Å². The lowest BCUT2D eigenvalue weighted by Gasteiger charge is -2.37. The number of amides is 1. The SMILES string of the molecule is CC[C@@](C)(O)N(Cc1ccccc1)C(=O)C(C)Cl. The van der Waals surface area contributed by atoms with E-state index in [4.69, 9.17) is 11.6 Å². The van der Waals surface area contributed by atoms with E-state index in [1.807, 2.05) is 37.3 Å². The first-order chi connectivity index (χ1) is 8.38. The van der Waals surface area contributed by atoms with Crippen LogP contribution in [0.15, 0.2) is 30.3 Å². The van der Waals surface area contributed by atoms with Crippen molar-refractivity contribution in [3.63, 3.8) is 0 Å². The van der Waals surface area contributed by atoms with Crippen molar-refractivity contribution >= 4 is 17.5 Å². The average molecular weight is 270 g/mol. The van der Waals surface area contributed by atoms with E-state index in [2.05, 4.69) is 0 Å². The number of aliphatic hydroxyl groups is 1. The molecule has 1 N–H and O–H groups in total. The molecule has 4 heteroatoms. The fourth-order valence-corrected chi connectivity index (χ4v) is 1.78. The third kappa shape index (κ3) is 3.72. The summed E-state index contributed by atoms with van der Waals surface area (Å²) < 4.78 is 0. The van der Waals surface area contributed by atoms with Crippen LogP contribution >= 0.6 is 11.6 Å². The minimum atomic E-state index is -1.18. The molecule has 0 aromatic heterocycles. The van der Waals surface area contributed by atoms with Crippen molar-refractivity contribution in [3.05, 3.63) is 35.9 Å². The van der Waals surface area contributed by atoms with Crippen LogP contribution in [-0.4, -0.2) is 27.0 Å².